The fourth-order valence-corrected chi connectivity index (χ4v) is 5.34. The van der Waals surface area contributed by atoms with Gasteiger partial charge in [-0.05, 0) is 82.3 Å². The summed E-state index contributed by atoms with van der Waals surface area (Å²) in [7, 11) is -1.98. The first kappa shape index (κ1) is 31.1. The zero-order valence-electron chi connectivity index (χ0n) is 24.0. The van der Waals surface area contributed by atoms with E-state index in [1.54, 1.807) is 18.1 Å². The van der Waals surface area contributed by atoms with Gasteiger partial charge in [0.2, 0.25) is 21.8 Å². The van der Waals surface area contributed by atoms with Crippen molar-refractivity contribution in [3.63, 3.8) is 0 Å². The van der Waals surface area contributed by atoms with E-state index in [4.69, 9.17) is 4.74 Å². The van der Waals surface area contributed by atoms with Crippen LogP contribution in [0.5, 0.6) is 5.75 Å². The molecule has 0 aliphatic heterocycles. The molecule has 38 heavy (non-hydrogen) atoms. The average Bonchev–Trinajstić information content (AvgIpc) is 2.82. The first-order valence-electron chi connectivity index (χ1n) is 13.0. The van der Waals surface area contributed by atoms with Crippen LogP contribution in [0.1, 0.15) is 63.6 Å². The Morgan fingerprint density at radius 1 is 1.08 bits per heavy atom. The van der Waals surface area contributed by atoms with Gasteiger partial charge in [0.05, 0.1) is 19.1 Å². The van der Waals surface area contributed by atoms with Crippen molar-refractivity contribution in [1.82, 2.24) is 10.2 Å². The van der Waals surface area contributed by atoms with E-state index < -0.39 is 21.6 Å². The van der Waals surface area contributed by atoms with Gasteiger partial charge in [-0.15, -0.1) is 0 Å². The minimum atomic E-state index is -3.56. The second-order valence-corrected chi connectivity index (χ2v) is 12.6. The summed E-state index contributed by atoms with van der Waals surface area (Å²) in [5.74, 6) is 0.238. The van der Waals surface area contributed by atoms with Crippen LogP contribution in [-0.2, 0) is 26.2 Å². The summed E-state index contributed by atoms with van der Waals surface area (Å²) in [6.07, 6.45) is 2.02. The van der Waals surface area contributed by atoms with E-state index in [0.717, 1.165) is 16.7 Å². The summed E-state index contributed by atoms with van der Waals surface area (Å²) in [4.78, 5) is 28.4. The van der Waals surface area contributed by atoms with E-state index in [1.807, 2.05) is 77.9 Å². The van der Waals surface area contributed by atoms with Crippen LogP contribution in [0.25, 0.3) is 0 Å². The van der Waals surface area contributed by atoms with E-state index in [2.05, 4.69) is 5.32 Å². The fourth-order valence-electron chi connectivity index (χ4n) is 4.33. The molecular weight excluding hydrogens is 502 g/mol. The first-order chi connectivity index (χ1) is 17.7. The number of hydrogen-bond donors (Lipinski definition) is 1. The highest BCUT2D eigenvalue weighted by Crippen LogP contribution is 2.26. The minimum absolute atomic E-state index is 0.0974. The maximum Gasteiger partial charge on any atom is 0.243 e. The van der Waals surface area contributed by atoms with E-state index >= 15 is 0 Å². The summed E-state index contributed by atoms with van der Waals surface area (Å²) in [5, 5.41) is 3.00. The number of carbonyl (C=O) groups is 2. The Morgan fingerprint density at radius 2 is 1.74 bits per heavy atom. The van der Waals surface area contributed by atoms with E-state index in [1.165, 1.54) is 10.6 Å². The van der Waals surface area contributed by atoms with Crippen molar-refractivity contribution in [2.24, 2.45) is 0 Å². The number of methoxy groups -OCH3 is 1. The maximum atomic E-state index is 13.6. The number of hydrogen-bond acceptors (Lipinski definition) is 5. The number of amides is 2. The highest BCUT2D eigenvalue weighted by Gasteiger charge is 2.31. The maximum absolute atomic E-state index is 13.6. The molecular formula is C29H43N3O5S. The lowest BCUT2D eigenvalue weighted by molar-refractivity contribution is -0.142. The SMILES string of the molecule is CC[C@H](C(=O)NC(C)(C)C)N(Cc1cccc(OC)c1)C(=O)CCCN(c1cccc(C)c1C)S(C)(=O)=O. The Kier molecular flexibility index (Phi) is 10.8. The number of anilines is 1. The molecule has 210 valence electrons. The molecule has 0 aromatic heterocycles. The van der Waals surface area contributed by atoms with Gasteiger partial charge in [0.15, 0.2) is 0 Å². The van der Waals surface area contributed by atoms with Crippen molar-refractivity contribution in [3.8, 4) is 5.75 Å². The molecule has 8 nitrogen and oxygen atoms in total. The van der Waals surface area contributed by atoms with Crippen molar-refractivity contribution >= 4 is 27.5 Å². The van der Waals surface area contributed by atoms with Gasteiger partial charge in [-0.1, -0.05) is 31.2 Å². The van der Waals surface area contributed by atoms with Crippen LogP contribution < -0.4 is 14.4 Å². The molecule has 2 aromatic rings. The van der Waals surface area contributed by atoms with E-state index in [-0.39, 0.29) is 31.3 Å². The lowest BCUT2D eigenvalue weighted by Crippen LogP contribution is -2.53. The van der Waals surface area contributed by atoms with Crippen molar-refractivity contribution in [2.75, 3.05) is 24.2 Å². The molecule has 0 aliphatic rings. The van der Waals surface area contributed by atoms with E-state index in [9.17, 15) is 18.0 Å². The predicted molar refractivity (Wildman–Crippen MR) is 153 cm³/mol. The molecule has 0 unspecified atom stereocenters. The van der Waals surface area contributed by atoms with E-state index in [0.29, 0.717) is 24.3 Å². The summed E-state index contributed by atoms with van der Waals surface area (Å²) >= 11 is 0. The third kappa shape index (κ3) is 8.75. The van der Waals surface area contributed by atoms with Gasteiger partial charge in [-0.3, -0.25) is 13.9 Å². The van der Waals surface area contributed by atoms with Gasteiger partial charge in [-0.25, -0.2) is 8.42 Å². The number of rotatable bonds is 12. The van der Waals surface area contributed by atoms with Crippen LogP contribution in [0.2, 0.25) is 0 Å². The Bertz CT molecular complexity index is 1220. The summed E-state index contributed by atoms with van der Waals surface area (Å²) in [6.45, 7) is 11.8. The van der Waals surface area contributed by atoms with Gasteiger partial charge >= 0.3 is 0 Å². The molecule has 1 N–H and O–H groups in total. The molecule has 2 rings (SSSR count). The normalized spacial score (nSPS) is 12.5. The molecule has 0 saturated carbocycles. The quantitative estimate of drug-likeness (QED) is 0.421. The molecule has 0 fully saturated rings. The fraction of sp³-hybridized carbons (Fsp3) is 0.517. The van der Waals surface area contributed by atoms with Crippen LogP contribution in [-0.4, -0.2) is 56.6 Å². The van der Waals surface area contributed by atoms with Crippen LogP contribution in [0, 0.1) is 13.8 Å². The number of nitrogens with one attached hydrogen (secondary N) is 1. The monoisotopic (exact) mass is 545 g/mol. The number of ether oxygens (including phenoxy) is 1. The molecule has 0 spiro atoms. The lowest BCUT2D eigenvalue weighted by Gasteiger charge is -2.33. The summed E-state index contributed by atoms with van der Waals surface area (Å²) in [5.41, 5.74) is 2.88. The standard InChI is InChI=1S/C29H43N3O5S/c1-9-25(28(34)30-29(4,5)6)31(20-23-14-11-15-24(19-23)37-7)27(33)17-12-18-32(38(8,35)36)26-16-10-13-21(2)22(26)3/h10-11,13-16,19,25H,9,12,17-18,20H2,1-8H3,(H,30,34)/t25-/m1/s1. The molecule has 0 saturated heterocycles. The third-order valence-electron chi connectivity index (χ3n) is 6.37. The molecule has 0 radical (unpaired) electrons. The second kappa shape index (κ2) is 13.1. The molecule has 0 heterocycles. The molecule has 2 amide bonds. The Hall–Kier alpha value is -3.07. The first-order valence-corrected chi connectivity index (χ1v) is 14.8. The molecule has 1 atom stereocenters. The average molecular weight is 546 g/mol. The zero-order chi connectivity index (χ0) is 28.7. The van der Waals surface area contributed by atoms with Gasteiger partial charge in [0.1, 0.15) is 11.8 Å². The molecule has 9 heteroatoms. The lowest BCUT2D eigenvalue weighted by atomic mass is 10.0. The zero-order valence-corrected chi connectivity index (χ0v) is 24.8. The summed E-state index contributed by atoms with van der Waals surface area (Å²) in [6, 6.07) is 12.3. The number of benzene rings is 2. The van der Waals surface area contributed by atoms with Crippen LogP contribution in [0.3, 0.4) is 0 Å². The van der Waals surface area contributed by atoms with Gasteiger partial charge in [-0.2, -0.15) is 0 Å². The van der Waals surface area contributed by atoms with Gasteiger partial charge in [0, 0.05) is 25.0 Å². The third-order valence-corrected chi connectivity index (χ3v) is 7.55. The van der Waals surface area contributed by atoms with Crippen LogP contribution in [0.15, 0.2) is 42.5 Å². The highest BCUT2D eigenvalue weighted by molar-refractivity contribution is 7.92. The highest BCUT2D eigenvalue weighted by atomic mass is 32.2. The van der Waals surface area contributed by atoms with Crippen molar-refractivity contribution in [2.45, 2.75) is 78.9 Å². The number of aryl methyl sites for hydroxylation is 1. The van der Waals surface area contributed by atoms with Crippen molar-refractivity contribution in [1.29, 1.82) is 0 Å². The Morgan fingerprint density at radius 3 is 2.32 bits per heavy atom. The van der Waals surface area contributed by atoms with Crippen LogP contribution >= 0.6 is 0 Å². The number of nitrogens with zero attached hydrogens (tertiary/aromatic N) is 2. The Labute approximate surface area is 228 Å². The number of carbonyl (C=O) groups excluding carboxylic acids is 2. The second-order valence-electron chi connectivity index (χ2n) is 10.7. The molecule has 0 bridgehead atoms. The van der Waals surface area contributed by atoms with Crippen molar-refractivity contribution in [3.05, 3.63) is 59.2 Å². The summed E-state index contributed by atoms with van der Waals surface area (Å²) < 4.78 is 32.0. The van der Waals surface area contributed by atoms with Crippen molar-refractivity contribution < 1.29 is 22.7 Å². The number of sulfonamides is 1. The van der Waals surface area contributed by atoms with Gasteiger partial charge in [0.25, 0.3) is 0 Å². The van der Waals surface area contributed by atoms with Gasteiger partial charge < -0.3 is 15.0 Å². The molecule has 0 aliphatic carbocycles. The minimum Gasteiger partial charge on any atom is -0.497 e. The predicted octanol–water partition coefficient (Wildman–Crippen LogP) is 4.58. The largest absolute Gasteiger partial charge is 0.497 e. The smallest absolute Gasteiger partial charge is 0.243 e. The van der Waals surface area contributed by atoms with Crippen LogP contribution in [0.4, 0.5) is 5.69 Å². The topological polar surface area (TPSA) is 96.0 Å². The molecule has 2 aromatic carbocycles. The Balaban J connectivity index is 2.29.